The summed E-state index contributed by atoms with van der Waals surface area (Å²) in [6.45, 7) is 2.40. The lowest BCUT2D eigenvalue weighted by molar-refractivity contribution is -0.139. The second-order valence-corrected chi connectivity index (χ2v) is 8.94. The molecular weight excluding hydrogens is 383 g/mol. The summed E-state index contributed by atoms with van der Waals surface area (Å²) in [5.41, 5.74) is 0. The second kappa shape index (κ2) is 8.02. The van der Waals surface area contributed by atoms with Crippen molar-refractivity contribution in [3.8, 4) is 0 Å². The second-order valence-electron chi connectivity index (χ2n) is 6.91. The molecule has 1 aromatic carbocycles. The smallest absolute Gasteiger partial charge is 0.233 e. The van der Waals surface area contributed by atoms with Crippen molar-refractivity contribution in [1.29, 1.82) is 0 Å². The van der Waals surface area contributed by atoms with Crippen molar-refractivity contribution in [2.24, 2.45) is 5.92 Å². The summed E-state index contributed by atoms with van der Waals surface area (Å²) in [7, 11) is 0. The zero-order valence-electron chi connectivity index (χ0n) is 14.8. The van der Waals surface area contributed by atoms with E-state index in [1.54, 1.807) is 23.5 Å². The third-order valence-corrected chi connectivity index (χ3v) is 7.14. The predicted octanol–water partition coefficient (Wildman–Crippen LogP) is 3.45. The summed E-state index contributed by atoms with van der Waals surface area (Å²) < 4.78 is 12.9. The predicted molar refractivity (Wildman–Crippen MR) is 105 cm³/mol. The molecule has 2 unspecified atom stereocenters. The van der Waals surface area contributed by atoms with E-state index in [1.165, 1.54) is 28.8 Å². The van der Waals surface area contributed by atoms with E-state index in [2.05, 4.69) is 11.4 Å². The van der Waals surface area contributed by atoms with Crippen molar-refractivity contribution in [2.75, 3.05) is 31.9 Å². The minimum Gasteiger partial charge on any atom is -0.339 e. The number of hydrogen-bond donors (Lipinski definition) is 0. The molecule has 1 aromatic heterocycles. The summed E-state index contributed by atoms with van der Waals surface area (Å²) in [6.07, 6.45) is 0.951. The first-order valence-electron chi connectivity index (χ1n) is 9.10. The van der Waals surface area contributed by atoms with Crippen LogP contribution in [0, 0.1) is 11.7 Å². The SMILES string of the molecule is O=C(CSc1ccc(F)cc1)N1CCN(C(=O)C2CC2c2cccs2)CC1. The minimum absolute atomic E-state index is 0.0688. The van der Waals surface area contributed by atoms with Crippen LogP contribution in [-0.2, 0) is 9.59 Å². The number of thiophene rings is 1. The molecule has 2 aromatic rings. The highest BCUT2D eigenvalue weighted by Gasteiger charge is 2.46. The van der Waals surface area contributed by atoms with Crippen molar-refractivity contribution in [2.45, 2.75) is 17.2 Å². The summed E-state index contributed by atoms with van der Waals surface area (Å²) in [4.78, 5) is 31.0. The molecule has 2 fully saturated rings. The number of piperazine rings is 1. The van der Waals surface area contributed by atoms with Crippen LogP contribution in [-0.4, -0.2) is 53.5 Å². The molecule has 1 aliphatic carbocycles. The largest absolute Gasteiger partial charge is 0.339 e. The average molecular weight is 405 g/mol. The molecule has 4 nitrogen and oxygen atoms in total. The molecule has 2 aliphatic rings. The Kier molecular flexibility index (Phi) is 5.50. The van der Waals surface area contributed by atoms with Gasteiger partial charge in [0, 0.05) is 47.8 Å². The van der Waals surface area contributed by atoms with Crippen molar-refractivity contribution < 1.29 is 14.0 Å². The molecule has 1 saturated heterocycles. The Hall–Kier alpha value is -1.86. The summed E-state index contributed by atoms with van der Waals surface area (Å²) >= 11 is 3.14. The third-order valence-electron chi connectivity index (χ3n) is 5.14. The van der Waals surface area contributed by atoms with Crippen molar-refractivity contribution >= 4 is 34.9 Å². The van der Waals surface area contributed by atoms with Gasteiger partial charge in [-0.1, -0.05) is 6.07 Å². The van der Waals surface area contributed by atoms with Crippen molar-refractivity contribution in [3.05, 3.63) is 52.5 Å². The van der Waals surface area contributed by atoms with E-state index >= 15 is 0 Å². The Bertz CT molecular complexity index is 802. The van der Waals surface area contributed by atoms with E-state index in [-0.39, 0.29) is 23.5 Å². The molecule has 2 amide bonds. The lowest BCUT2D eigenvalue weighted by Crippen LogP contribution is -2.51. The maximum Gasteiger partial charge on any atom is 0.233 e. The van der Waals surface area contributed by atoms with E-state index in [0.29, 0.717) is 37.8 Å². The van der Waals surface area contributed by atoms with Crippen LogP contribution in [0.4, 0.5) is 4.39 Å². The van der Waals surface area contributed by atoms with Gasteiger partial charge in [0.1, 0.15) is 5.82 Å². The van der Waals surface area contributed by atoms with E-state index in [4.69, 9.17) is 0 Å². The molecule has 27 heavy (non-hydrogen) atoms. The van der Waals surface area contributed by atoms with Gasteiger partial charge < -0.3 is 9.80 Å². The number of nitrogens with zero attached hydrogens (tertiary/aromatic N) is 2. The van der Waals surface area contributed by atoms with Crippen molar-refractivity contribution in [1.82, 2.24) is 9.80 Å². The molecule has 0 radical (unpaired) electrons. The molecule has 4 rings (SSSR count). The fraction of sp³-hybridized carbons (Fsp3) is 0.400. The van der Waals surface area contributed by atoms with Crippen LogP contribution >= 0.6 is 23.1 Å². The Balaban J connectivity index is 1.22. The molecule has 0 N–H and O–H groups in total. The molecule has 1 aliphatic heterocycles. The molecule has 1 saturated carbocycles. The van der Waals surface area contributed by atoms with Crippen molar-refractivity contribution in [3.63, 3.8) is 0 Å². The highest BCUT2D eigenvalue weighted by molar-refractivity contribution is 8.00. The molecular formula is C20H21FN2O2S2. The highest BCUT2D eigenvalue weighted by atomic mass is 32.2. The molecule has 2 atom stereocenters. The van der Waals surface area contributed by atoms with Crippen LogP contribution in [0.2, 0.25) is 0 Å². The lowest BCUT2D eigenvalue weighted by Gasteiger charge is -2.35. The fourth-order valence-corrected chi connectivity index (χ4v) is 5.17. The fourth-order valence-electron chi connectivity index (χ4n) is 3.46. The van der Waals surface area contributed by atoms with Gasteiger partial charge in [0.05, 0.1) is 5.75 Å². The monoisotopic (exact) mass is 404 g/mol. The molecule has 142 valence electrons. The van der Waals surface area contributed by atoms with Gasteiger partial charge >= 0.3 is 0 Å². The van der Waals surface area contributed by atoms with Gasteiger partial charge in [0.25, 0.3) is 0 Å². The van der Waals surface area contributed by atoms with E-state index in [0.717, 1.165) is 11.3 Å². The number of rotatable bonds is 5. The molecule has 7 heteroatoms. The first-order valence-corrected chi connectivity index (χ1v) is 11.0. The topological polar surface area (TPSA) is 40.6 Å². The van der Waals surface area contributed by atoms with Gasteiger partial charge in [0.15, 0.2) is 0 Å². The third kappa shape index (κ3) is 4.35. The van der Waals surface area contributed by atoms with Crippen LogP contribution in [0.15, 0.2) is 46.7 Å². The number of benzene rings is 1. The van der Waals surface area contributed by atoms with Crippen LogP contribution in [0.3, 0.4) is 0 Å². The van der Waals surface area contributed by atoms with Gasteiger partial charge in [0.2, 0.25) is 11.8 Å². The quantitative estimate of drug-likeness (QED) is 0.717. The number of carbonyl (C=O) groups excluding carboxylic acids is 2. The van der Waals surface area contributed by atoms with E-state index in [9.17, 15) is 14.0 Å². The average Bonchev–Trinajstić information content (AvgIpc) is 3.31. The van der Waals surface area contributed by atoms with Gasteiger partial charge in [-0.15, -0.1) is 23.1 Å². The van der Waals surface area contributed by atoms with Gasteiger partial charge in [-0.3, -0.25) is 9.59 Å². The highest BCUT2D eigenvalue weighted by Crippen LogP contribution is 2.50. The Morgan fingerprint density at radius 3 is 2.44 bits per heavy atom. The van der Waals surface area contributed by atoms with Gasteiger partial charge in [-0.05, 0) is 42.1 Å². The zero-order valence-corrected chi connectivity index (χ0v) is 16.5. The first-order chi connectivity index (χ1) is 13.1. The number of hydrogen-bond acceptors (Lipinski definition) is 4. The summed E-state index contributed by atoms with van der Waals surface area (Å²) in [5.74, 6) is 0.885. The van der Waals surface area contributed by atoms with Crippen LogP contribution in [0.25, 0.3) is 0 Å². The normalized spacial score (nSPS) is 22.0. The maximum absolute atomic E-state index is 12.9. The molecule has 0 bridgehead atoms. The number of halogens is 1. The van der Waals surface area contributed by atoms with Gasteiger partial charge in [-0.2, -0.15) is 0 Å². The summed E-state index contributed by atoms with van der Waals surface area (Å²) in [6, 6.07) is 10.3. The molecule has 0 spiro atoms. The standard InChI is InChI=1S/C20H21FN2O2S2/c21-14-3-5-15(6-4-14)27-13-19(24)22-7-9-23(10-8-22)20(25)17-12-16(17)18-2-1-11-26-18/h1-6,11,16-17H,7-10,12-13H2. The lowest BCUT2D eigenvalue weighted by atomic mass is 10.2. The zero-order chi connectivity index (χ0) is 18.8. The number of carbonyl (C=O) groups is 2. The number of thioether (sulfide) groups is 1. The molecule has 2 heterocycles. The Labute approximate surface area is 166 Å². The van der Waals surface area contributed by atoms with Crippen LogP contribution < -0.4 is 0 Å². The first kappa shape index (κ1) is 18.5. The number of amides is 2. The minimum atomic E-state index is -0.275. The Morgan fingerprint density at radius 1 is 1.07 bits per heavy atom. The Morgan fingerprint density at radius 2 is 1.78 bits per heavy atom. The van der Waals surface area contributed by atoms with E-state index < -0.39 is 0 Å². The summed E-state index contributed by atoms with van der Waals surface area (Å²) in [5, 5.41) is 2.06. The van der Waals surface area contributed by atoms with Crippen LogP contribution in [0.5, 0.6) is 0 Å². The maximum atomic E-state index is 12.9. The van der Waals surface area contributed by atoms with Crippen LogP contribution in [0.1, 0.15) is 17.2 Å². The van der Waals surface area contributed by atoms with Gasteiger partial charge in [-0.25, -0.2) is 4.39 Å². The van der Waals surface area contributed by atoms with E-state index in [1.807, 2.05) is 15.9 Å².